The predicted octanol–water partition coefficient (Wildman–Crippen LogP) is 4.39. The number of anilines is 2. The van der Waals surface area contributed by atoms with Gasteiger partial charge in [0, 0.05) is 0 Å². The molecule has 0 aliphatic carbocycles. The molecule has 184 valence electrons. The van der Waals surface area contributed by atoms with Crippen molar-refractivity contribution in [2.24, 2.45) is 0 Å². The molecule has 0 aliphatic heterocycles. The van der Waals surface area contributed by atoms with Gasteiger partial charge in [-0.25, -0.2) is 0 Å². The monoisotopic (exact) mass is 478 g/mol. The maximum atomic E-state index is 12.8. The number of rotatable bonds is 10. The maximum absolute atomic E-state index is 12.8. The van der Waals surface area contributed by atoms with Crippen LogP contribution in [0, 0.1) is 6.92 Å². The fourth-order valence-electron chi connectivity index (χ4n) is 3.61. The van der Waals surface area contributed by atoms with Gasteiger partial charge in [-0.15, -0.1) is 0 Å². The van der Waals surface area contributed by atoms with Crippen LogP contribution in [-0.4, -0.2) is 40.3 Å². The topological polar surface area (TPSA) is 95.1 Å². The van der Waals surface area contributed by atoms with E-state index in [4.69, 9.17) is 18.9 Å². The summed E-state index contributed by atoms with van der Waals surface area (Å²) in [5.41, 5.74) is 3.53. The molecule has 2 amide bonds. The third-order valence-corrected chi connectivity index (χ3v) is 5.35. The first-order valence-electron chi connectivity index (χ1n) is 11.0. The molecule has 0 saturated carbocycles. The van der Waals surface area contributed by atoms with E-state index in [0.717, 1.165) is 16.7 Å². The molecule has 35 heavy (non-hydrogen) atoms. The van der Waals surface area contributed by atoms with Crippen LogP contribution in [0.3, 0.4) is 0 Å². The SMILES string of the molecule is COc1ccc(CC(=O)Nc2ccc(C)cc2NC(=O)Cc2ccc(OC)c(OC)c2)cc1OC. The normalized spacial score (nSPS) is 10.3. The average molecular weight is 479 g/mol. The number of carbonyl (C=O) groups excluding carboxylic acids is 2. The lowest BCUT2D eigenvalue weighted by molar-refractivity contribution is -0.116. The third-order valence-electron chi connectivity index (χ3n) is 5.35. The number of aryl methyl sites for hydroxylation is 1. The Balaban J connectivity index is 1.71. The molecule has 8 nitrogen and oxygen atoms in total. The standard InChI is InChI=1S/C27H30N2O6/c1-17-6-9-20(28-26(30)15-18-7-10-22(32-2)24(13-18)34-4)21(12-17)29-27(31)16-19-8-11-23(33-3)25(14-19)35-5/h6-14H,15-16H2,1-5H3,(H,28,30)(H,29,31). The number of benzene rings is 3. The van der Waals surface area contributed by atoms with Gasteiger partial charge in [0.05, 0.1) is 52.7 Å². The Labute approximate surface area is 205 Å². The largest absolute Gasteiger partial charge is 0.493 e. The second-order valence-corrected chi connectivity index (χ2v) is 7.88. The molecule has 0 unspecified atom stereocenters. The molecule has 0 heterocycles. The lowest BCUT2D eigenvalue weighted by atomic mass is 10.1. The van der Waals surface area contributed by atoms with Gasteiger partial charge >= 0.3 is 0 Å². The molecule has 3 rings (SSSR count). The smallest absolute Gasteiger partial charge is 0.228 e. The van der Waals surface area contributed by atoms with Crippen LogP contribution in [0.4, 0.5) is 11.4 Å². The molecule has 0 bridgehead atoms. The van der Waals surface area contributed by atoms with Gasteiger partial charge in [-0.3, -0.25) is 9.59 Å². The van der Waals surface area contributed by atoms with Gasteiger partial charge in [0.15, 0.2) is 23.0 Å². The summed E-state index contributed by atoms with van der Waals surface area (Å²) in [6.45, 7) is 1.92. The van der Waals surface area contributed by atoms with Crippen molar-refractivity contribution in [1.82, 2.24) is 0 Å². The second kappa shape index (κ2) is 11.8. The van der Waals surface area contributed by atoms with Crippen molar-refractivity contribution in [2.45, 2.75) is 19.8 Å². The fourth-order valence-corrected chi connectivity index (χ4v) is 3.61. The van der Waals surface area contributed by atoms with Crippen molar-refractivity contribution in [2.75, 3.05) is 39.1 Å². The van der Waals surface area contributed by atoms with Gasteiger partial charge in [0.2, 0.25) is 11.8 Å². The van der Waals surface area contributed by atoms with Crippen molar-refractivity contribution < 1.29 is 28.5 Å². The maximum Gasteiger partial charge on any atom is 0.228 e. The predicted molar refractivity (Wildman–Crippen MR) is 135 cm³/mol. The Hall–Kier alpha value is -4.20. The summed E-state index contributed by atoms with van der Waals surface area (Å²) in [4.78, 5) is 25.5. The minimum absolute atomic E-state index is 0.132. The Kier molecular flexibility index (Phi) is 8.56. The van der Waals surface area contributed by atoms with Gasteiger partial charge in [0.25, 0.3) is 0 Å². The number of methoxy groups -OCH3 is 4. The van der Waals surface area contributed by atoms with E-state index in [1.165, 1.54) is 0 Å². The summed E-state index contributed by atoms with van der Waals surface area (Å²) < 4.78 is 21.1. The van der Waals surface area contributed by atoms with Gasteiger partial charge < -0.3 is 29.6 Å². The van der Waals surface area contributed by atoms with Gasteiger partial charge in [-0.2, -0.15) is 0 Å². The van der Waals surface area contributed by atoms with Gasteiger partial charge in [0.1, 0.15) is 0 Å². The zero-order valence-electron chi connectivity index (χ0n) is 20.6. The summed E-state index contributed by atoms with van der Waals surface area (Å²) >= 11 is 0. The van der Waals surface area contributed by atoms with Gasteiger partial charge in [-0.1, -0.05) is 18.2 Å². The van der Waals surface area contributed by atoms with E-state index in [0.29, 0.717) is 34.4 Å². The van der Waals surface area contributed by atoms with Crippen LogP contribution >= 0.6 is 0 Å². The van der Waals surface area contributed by atoms with Crippen molar-refractivity contribution in [3.8, 4) is 23.0 Å². The summed E-state index contributed by atoms with van der Waals surface area (Å²) in [5.74, 6) is 1.84. The first-order valence-corrected chi connectivity index (χ1v) is 11.0. The molecular weight excluding hydrogens is 448 g/mol. The molecule has 0 aliphatic rings. The van der Waals surface area contributed by atoms with Crippen LogP contribution < -0.4 is 29.6 Å². The molecule has 0 radical (unpaired) electrons. The number of hydrogen-bond donors (Lipinski definition) is 2. The summed E-state index contributed by atoms with van der Waals surface area (Å²) in [5, 5.41) is 5.80. The molecule has 3 aromatic rings. The highest BCUT2D eigenvalue weighted by molar-refractivity contribution is 6.00. The third kappa shape index (κ3) is 6.66. The highest BCUT2D eigenvalue weighted by Gasteiger charge is 2.14. The summed E-state index contributed by atoms with van der Waals surface area (Å²) in [6.07, 6.45) is 0.264. The Bertz CT molecular complexity index is 1210. The van der Waals surface area contributed by atoms with Crippen molar-refractivity contribution in [1.29, 1.82) is 0 Å². The first kappa shape index (κ1) is 25.4. The average Bonchev–Trinajstić information content (AvgIpc) is 2.85. The number of nitrogens with one attached hydrogen (secondary N) is 2. The molecule has 0 spiro atoms. The van der Waals surface area contributed by atoms with E-state index in [9.17, 15) is 9.59 Å². The van der Waals surface area contributed by atoms with Crippen LogP contribution in [0.1, 0.15) is 16.7 Å². The van der Waals surface area contributed by atoms with Crippen LogP contribution in [-0.2, 0) is 22.4 Å². The Morgan fingerprint density at radius 1 is 0.600 bits per heavy atom. The minimum atomic E-state index is -0.225. The van der Waals surface area contributed by atoms with Crippen molar-refractivity contribution in [3.05, 3.63) is 71.3 Å². The molecular formula is C27H30N2O6. The molecule has 3 aromatic carbocycles. The molecule has 2 N–H and O–H groups in total. The molecule has 0 aromatic heterocycles. The molecule has 0 saturated heterocycles. The van der Waals surface area contributed by atoms with E-state index < -0.39 is 0 Å². The van der Waals surface area contributed by atoms with Crippen molar-refractivity contribution in [3.63, 3.8) is 0 Å². The van der Waals surface area contributed by atoms with E-state index in [2.05, 4.69) is 10.6 Å². The van der Waals surface area contributed by atoms with Crippen LogP contribution in [0.25, 0.3) is 0 Å². The first-order chi connectivity index (χ1) is 16.9. The van der Waals surface area contributed by atoms with Crippen LogP contribution in [0.15, 0.2) is 54.6 Å². The number of hydrogen-bond acceptors (Lipinski definition) is 6. The van der Waals surface area contributed by atoms with E-state index in [1.54, 1.807) is 58.8 Å². The lowest BCUT2D eigenvalue weighted by Gasteiger charge is -2.14. The van der Waals surface area contributed by atoms with E-state index in [1.807, 2.05) is 31.2 Å². The Morgan fingerprint density at radius 2 is 1.06 bits per heavy atom. The zero-order chi connectivity index (χ0) is 25.4. The molecule has 8 heteroatoms. The lowest BCUT2D eigenvalue weighted by Crippen LogP contribution is -2.19. The van der Waals surface area contributed by atoms with E-state index >= 15 is 0 Å². The number of carbonyl (C=O) groups is 2. The molecule has 0 atom stereocenters. The fraction of sp³-hybridized carbons (Fsp3) is 0.259. The zero-order valence-corrected chi connectivity index (χ0v) is 20.6. The van der Waals surface area contributed by atoms with Crippen LogP contribution in [0.5, 0.6) is 23.0 Å². The summed E-state index contributed by atoms with van der Waals surface area (Å²) in [7, 11) is 6.21. The second-order valence-electron chi connectivity index (χ2n) is 7.88. The highest BCUT2D eigenvalue weighted by atomic mass is 16.5. The number of ether oxygens (including phenoxy) is 4. The molecule has 0 fully saturated rings. The Morgan fingerprint density at radius 3 is 1.51 bits per heavy atom. The minimum Gasteiger partial charge on any atom is -0.493 e. The summed E-state index contributed by atoms with van der Waals surface area (Å²) in [6, 6.07) is 16.1. The highest BCUT2D eigenvalue weighted by Crippen LogP contribution is 2.30. The quantitative estimate of drug-likeness (QED) is 0.449. The van der Waals surface area contributed by atoms with E-state index in [-0.39, 0.29) is 24.7 Å². The van der Waals surface area contributed by atoms with Crippen molar-refractivity contribution >= 4 is 23.2 Å². The number of amides is 2. The van der Waals surface area contributed by atoms with Crippen LogP contribution in [0.2, 0.25) is 0 Å². The van der Waals surface area contributed by atoms with Gasteiger partial charge in [-0.05, 0) is 60.0 Å².